The highest BCUT2D eigenvalue weighted by Crippen LogP contribution is 2.36. The molecular formula is C17H30O6. The number of esters is 1. The lowest BCUT2D eigenvalue weighted by Gasteiger charge is -2.30. The van der Waals surface area contributed by atoms with Gasteiger partial charge >= 0.3 is 17.9 Å². The third kappa shape index (κ3) is 7.01. The van der Waals surface area contributed by atoms with Crippen molar-refractivity contribution >= 4 is 17.9 Å². The molecule has 0 saturated heterocycles. The molecule has 6 heteroatoms. The van der Waals surface area contributed by atoms with Gasteiger partial charge in [-0.25, -0.2) is 0 Å². The summed E-state index contributed by atoms with van der Waals surface area (Å²) in [7, 11) is 1.30. The van der Waals surface area contributed by atoms with Gasteiger partial charge in [-0.1, -0.05) is 46.0 Å². The van der Waals surface area contributed by atoms with E-state index in [-0.39, 0.29) is 6.42 Å². The van der Waals surface area contributed by atoms with E-state index in [1.807, 2.05) is 0 Å². The number of carbonyl (C=O) groups is 3. The predicted molar refractivity (Wildman–Crippen MR) is 86.0 cm³/mol. The largest absolute Gasteiger partial charge is 0.481 e. The van der Waals surface area contributed by atoms with Crippen molar-refractivity contribution in [3.63, 3.8) is 0 Å². The lowest BCUT2D eigenvalue weighted by molar-refractivity contribution is -0.161. The Bertz CT molecular complexity index is 392. The van der Waals surface area contributed by atoms with Crippen molar-refractivity contribution in [2.45, 2.75) is 65.7 Å². The Morgan fingerprint density at radius 2 is 1.57 bits per heavy atom. The maximum atomic E-state index is 12.1. The van der Waals surface area contributed by atoms with Crippen molar-refractivity contribution in [3.05, 3.63) is 0 Å². The SMILES string of the molecule is CCCCCCCC(C)(CC(C)C(C(=O)O)C(=O)O)C(=O)OC. The second kappa shape index (κ2) is 10.2. The molecule has 23 heavy (non-hydrogen) atoms. The number of carbonyl (C=O) groups excluding carboxylic acids is 1. The zero-order valence-electron chi connectivity index (χ0n) is 14.6. The minimum atomic E-state index is -1.51. The standard InChI is InChI=1S/C17H30O6/c1-5-6-7-8-9-10-17(3,16(22)23-4)11-12(2)13(14(18)19)15(20)21/h12-13H,5-11H2,1-4H3,(H,18,19)(H,20,21). The highest BCUT2D eigenvalue weighted by Gasteiger charge is 2.41. The number of unbranched alkanes of at least 4 members (excludes halogenated alkanes) is 4. The summed E-state index contributed by atoms with van der Waals surface area (Å²) in [5, 5.41) is 18.2. The smallest absolute Gasteiger partial charge is 0.318 e. The molecular weight excluding hydrogens is 300 g/mol. The molecule has 2 unspecified atom stereocenters. The number of hydrogen-bond acceptors (Lipinski definition) is 4. The van der Waals surface area contributed by atoms with Crippen molar-refractivity contribution < 1.29 is 29.3 Å². The van der Waals surface area contributed by atoms with Crippen LogP contribution in [0.5, 0.6) is 0 Å². The van der Waals surface area contributed by atoms with Crippen LogP contribution in [0.15, 0.2) is 0 Å². The van der Waals surface area contributed by atoms with Crippen LogP contribution in [-0.4, -0.2) is 35.2 Å². The molecule has 0 radical (unpaired) electrons. The summed E-state index contributed by atoms with van der Waals surface area (Å²) in [6, 6.07) is 0. The number of methoxy groups -OCH3 is 1. The Balaban J connectivity index is 4.91. The molecule has 0 rings (SSSR count). The van der Waals surface area contributed by atoms with Crippen molar-refractivity contribution in [2.24, 2.45) is 17.3 Å². The summed E-state index contributed by atoms with van der Waals surface area (Å²) < 4.78 is 4.86. The molecule has 0 aromatic carbocycles. The summed E-state index contributed by atoms with van der Waals surface area (Å²) >= 11 is 0. The van der Waals surface area contributed by atoms with Crippen LogP contribution in [0.3, 0.4) is 0 Å². The van der Waals surface area contributed by atoms with Crippen molar-refractivity contribution in [1.29, 1.82) is 0 Å². The molecule has 0 aromatic heterocycles. The second-order valence-electron chi connectivity index (χ2n) is 6.55. The van der Waals surface area contributed by atoms with Gasteiger partial charge in [-0.3, -0.25) is 14.4 Å². The lowest BCUT2D eigenvalue weighted by Crippen LogP contribution is -2.37. The van der Waals surface area contributed by atoms with E-state index in [9.17, 15) is 14.4 Å². The normalized spacial score (nSPS) is 15.0. The molecule has 6 nitrogen and oxygen atoms in total. The lowest BCUT2D eigenvalue weighted by atomic mass is 9.74. The first-order chi connectivity index (χ1) is 10.7. The fourth-order valence-electron chi connectivity index (χ4n) is 3.07. The molecule has 0 amide bonds. The van der Waals surface area contributed by atoms with Crippen LogP contribution >= 0.6 is 0 Å². The molecule has 2 N–H and O–H groups in total. The van der Waals surface area contributed by atoms with Gasteiger partial charge < -0.3 is 14.9 Å². The Hall–Kier alpha value is -1.59. The van der Waals surface area contributed by atoms with Crippen LogP contribution in [-0.2, 0) is 19.1 Å². The van der Waals surface area contributed by atoms with Crippen LogP contribution in [0.25, 0.3) is 0 Å². The second-order valence-corrected chi connectivity index (χ2v) is 6.55. The zero-order chi connectivity index (χ0) is 18.0. The van der Waals surface area contributed by atoms with Gasteiger partial charge in [0.1, 0.15) is 0 Å². The van der Waals surface area contributed by atoms with Gasteiger partial charge in [-0.05, 0) is 25.7 Å². The van der Waals surface area contributed by atoms with Crippen LogP contribution in [0.2, 0.25) is 0 Å². The van der Waals surface area contributed by atoms with Gasteiger partial charge in [-0.2, -0.15) is 0 Å². The van der Waals surface area contributed by atoms with Crippen molar-refractivity contribution in [2.75, 3.05) is 7.11 Å². The number of ether oxygens (including phenoxy) is 1. The predicted octanol–water partition coefficient (Wildman–Crippen LogP) is 3.34. The molecule has 0 fully saturated rings. The molecule has 0 aliphatic rings. The Kier molecular flexibility index (Phi) is 9.53. The van der Waals surface area contributed by atoms with Crippen LogP contribution < -0.4 is 0 Å². The first-order valence-corrected chi connectivity index (χ1v) is 8.23. The molecule has 0 aromatic rings. The third-order valence-corrected chi connectivity index (χ3v) is 4.38. The van der Waals surface area contributed by atoms with E-state index in [1.165, 1.54) is 7.11 Å². The summed E-state index contributed by atoms with van der Waals surface area (Å²) in [5.74, 6) is -5.33. The van der Waals surface area contributed by atoms with E-state index in [1.54, 1.807) is 13.8 Å². The number of carboxylic acids is 2. The van der Waals surface area contributed by atoms with E-state index in [4.69, 9.17) is 14.9 Å². The highest BCUT2D eigenvalue weighted by molar-refractivity contribution is 5.93. The first-order valence-electron chi connectivity index (χ1n) is 8.23. The topological polar surface area (TPSA) is 101 Å². The van der Waals surface area contributed by atoms with Crippen LogP contribution in [0.1, 0.15) is 65.7 Å². The molecule has 0 heterocycles. The molecule has 0 aliphatic heterocycles. The van der Waals surface area contributed by atoms with E-state index in [0.29, 0.717) is 6.42 Å². The molecule has 134 valence electrons. The van der Waals surface area contributed by atoms with Crippen LogP contribution in [0, 0.1) is 17.3 Å². The van der Waals surface area contributed by atoms with Crippen molar-refractivity contribution in [3.8, 4) is 0 Å². The maximum Gasteiger partial charge on any atom is 0.318 e. The number of carboxylic acid groups (broad SMARTS) is 2. The fourth-order valence-corrected chi connectivity index (χ4v) is 3.07. The van der Waals surface area contributed by atoms with Gasteiger partial charge in [0.15, 0.2) is 5.92 Å². The maximum absolute atomic E-state index is 12.1. The summed E-state index contributed by atoms with van der Waals surface area (Å²) in [6.07, 6.45) is 5.95. The van der Waals surface area contributed by atoms with Crippen LogP contribution in [0.4, 0.5) is 0 Å². The minimum absolute atomic E-state index is 0.177. The highest BCUT2D eigenvalue weighted by atomic mass is 16.5. The molecule has 2 atom stereocenters. The summed E-state index contributed by atoms with van der Waals surface area (Å²) in [4.78, 5) is 34.4. The number of aliphatic carboxylic acids is 2. The van der Waals surface area contributed by atoms with Gasteiger partial charge in [0.25, 0.3) is 0 Å². The van der Waals surface area contributed by atoms with E-state index in [2.05, 4.69) is 6.92 Å². The van der Waals surface area contributed by atoms with Crippen molar-refractivity contribution in [1.82, 2.24) is 0 Å². The average Bonchev–Trinajstić information content (AvgIpc) is 2.45. The molecule has 0 bridgehead atoms. The zero-order valence-corrected chi connectivity index (χ0v) is 14.6. The van der Waals surface area contributed by atoms with Gasteiger partial charge in [-0.15, -0.1) is 0 Å². The van der Waals surface area contributed by atoms with Gasteiger partial charge in [0.2, 0.25) is 0 Å². The Labute approximate surface area is 138 Å². The quantitative estimate of drug-likeness (QED) is 0.323. The summed E-state index contributed by atoms with van der Waals surface area (Å²) in [5.41, 5.74) is -0.858. The number of rotatable bonds is 12. The van der Waals surface area contributed by atoms with E-state index < -0.39 is 35.2 Å². The monoisotopic (exact) mass is 330 g/mol. The molecule has 0 aliphatic carbocycles. The minimum Gasteiger partial charge on any atom is -0.481 e. The van der Waals surface area contributed by atoms with Gasteiger partial charge in [0, 0.05) is 0 Å². The van der Waals surface area contributed by atoms with E-state index >= 15 is 0 Å². The third-order valence-electron chi connectivity index (χ3n) is 4.38. The molecule has 0 spiro atoms. The van der Waals surface area contributed by atoms with E-state index in [0.717, 1.165) is 32.1 Å². The number of hydrogen-bond donors (Lipinski definition) is 2. The molecule has 0 saturated carbocycles. The Morgan fingerprint density at radius 3 is 2.00 bits per heavy atom. The average molecular weight is 330 g/mol. The fraction of sp³-hybridized carbons (Fsp3) is 0.824. The first kappa shape index (κ1) is 21.4. The van der Waals surface area contributed by atoms with Gasteiger partial charge in [0.05, 0.1) is 12.5 Å². The summed E-state index contributed by atoms with van der Waals surface area (Å²) in [6.45, 7) is 5.42. The Morgan fingerprint density at radius 1 is 1.04 bits per heavy atom.